The summed E-state index contributed by atoms with van der Waals surface area (Å²) in [4.78, 5) is 56.1. The van der Waals surface area contributed by atoms with Crippen molar-refractivity contribution in [1.29, 1.82) is 0 Å². The van der Waals surface area contributed by atoms with Crippen LogP contribution in [0.25, 0.3) is 10.8 Å². The fraction of sp³-hybridized carbons (Fsp3) is 0.321. The number of carbonyl (C=O) groups excluding carboxylic acids is 3. The Morgan fingerprint density at radius 2 is 1.54 bits per heavy atom. The van der Waals surface area contributed by atoms with E-state index in [1.807, 2.05) is 38.1 Å². The zero-order chi connectivity index (χ0) is 26.5. The summed E-state index contributed by atoms with van der Waals surface area (Å²) in [7, 11) is 0. The highest BCUT2D eigenvalue weighted by molar-refractivity contribution is 6.23. The van der Waals surface area contributed by atoms with Crippen molar-refractivity contribution in [2.75, 3.05) is 6.54 Å². The van der Waals surface area contributed by atoms with Gasteiger partial charge in [-0.2, -0.15) is 0 Å². The number of carboxylic acids is 1. The zero-order valence-electron chi connectivity index (χ0n) is 20.8. The summed E-state index contributed by atoms with van der Waals surface area (Å²) in [5.41, 5.74) is 1.51. The number of pyridine rings is 1. The summed E-state index contributed by atoms with van der Waals surface area (Å²) in [5.74, 6) is -2.22. The number of carbonyl (C=O) groups is 4. The molecule has 1 aromatic heterocycles. The topological polar surface area (TPSA) is 129 Å². The minimum atomic E-state index is -1.15. The van der Waals surface area contributed by atoms with Gasteiger partial charge in [0.25, 0.3) is 11.8 Å². The summed E-state index contributed by atoms with van der Waals surface area (Å²) < 4.78 is 0. The van der Waals surface area contributed by atoms with Gasteiger partial charge in [-0.1, -0.05) is 38.1 Å². The molecule has 4 rings (SSSR count). The molecule has 0 aliphatic carbocycles. The lowest BCUT2D eigenvalue weighted by Crippen LogP contribution is -2.52. The first kappa shape index (κ1) is 26.0. The zero-order valence-corrected chi connectivity index (χ0v) is 20.8. The average molecular weight is 503 g/mol. The number of benzene rings is 2. The number of aliphatic carboxylic acids is 1. The van der Waals surface area contributed by atoms with E-state index in [2.05, 4.69) is 15.6 Å². The number of hydrogen-bond acceptors (Lipinski definition) is 6. The van der Waals surface area contributed by atoms with E-state index in [1.165, 1.54) is 0 Å². The number of imide groups is 1. The van der Waals surface area contributed by atoms with Gasteiger partial charge in [0.15, 0.2) is 0 Å². The molecule has 2 heterocycles. The van der Waals surface area contributed by atoms with Crippen LogP contribution in [0.4, 0.5) is 0 Å². The molecule has 0 spiro atoms. The second-order valence-corrected chi connectivity index (χ2v) is 9.61. The number of hydrogen-bond donors (Lipinski definition) is 3. The van der Waals surface area contributed by atoms with E-state index in [0.29, 0.717) is 24.1 Å². The van der Waals surface area contributed by atoms with Crippen molar-refractivity contribution in [1.82, 2.24) is 20.5 Å². The molecule has 0 saturated carbocycles. The Morgan fingerprint density at radius 3 is 2.08 bits per heavy atom. The molecule has 1 aliphatic rings. The highest BCUT2D eigenvalue weighted by Crippen LogP contribution is 2.28. The van der Waals surface area contributed by atoms with Crippen LogP contribution in [0, 0.1) is 5.92 Å². The summed E-state index contributed by atoms with van der Waals surface area (Å²) >= 11 is 0. The molecular weight excluding hydrogens is 472 g/mol. The maximum Gasteiger partial charge on any atom is 0.320 e. The van der Waals surface area contributed by atoms with Gasteiger partial charge in [0.2, 0.25) is 5.91 Å². The monoisotopic (exact) mass is 502 g/mol. The Balaban J connectivity index is 1.43. The minimum absolute atomic E-state index is 0.0352. The van der Waals surface area contributed by atoms with Gasteiger partial charge in [0, 0.05) is 25.5 Å². The molecule has 9 nitrogen and oxygen atoms in total. The Kier molecular flexibility index (Phi) is 7.93. The van der Waals surface area contributed by atoms with E-state index in [-0.39, 0.29) is 24.8 Å². The molecule has 0 saturated heterocycles. The second-order valence-electron chi connectivity index (χ2n) is 9.61. The van der Waals surface area contributed by atoms with Gasteiger partial charge >= 0.3 is 5.97 Å². The Bertz CT molecular complexity index is 1270. The van der Waals surface area contributed by atoms with E-state index in [4.69, 9.17) is 0 Å². The SMILES string of the molecule is CC(C)CC(NC(CCN1C(=O)c2cc3ccccc3cc2C1=O)C(=O)O)C(=O)NCc1ccncc1. The molecular formula is C28H30N4O5. The van der Waals surface area contributed by atoms with Crippen LogP contribution in [0.1, 0.15) is 53.0 Å². The van der Waals surface area contributed by atoms with E-state index in [9.17, 15) is 24.3 Å². The van der Waals surface area contributed by atoms with E-state index in [0.717, 1.165) is 21.2 Å². The lowest BCUT2D eigenvalue weighted by Gasteiger charge is -2.25. The maximum atomic E-state index is 13.0. The smallest absolute Gasteiger partial charge is 0.320 e. The quantitative estimate of drug-likeness (QED) is 0.344. The number of fused-ring (bicyclic) bond motifs is 2. The minimum Gasteiger partial charge on any atom is -0.480 e. The van der Waals surface area contributed by atoms with Crippen molar-refractivity contribution in [3.05, 3.63) is 77.6 Å². The van der Waals surface area contributed by atoms with Gasteiger partial charge in [-0.15, -0.1) is 0 Å². The fourth-order valence-corrected chi connectivity index (χ4v) is 4.49. The third-order valence-corrected chi connectivity index (χ3v) is 6.42. The van der Waals surface area contributed by atoms with Gasteiger partial charge in [-0.05, 0) is 59.4 Å². The van der Waals surface area contributed by atoms with Crippen molar-refractivity contribution in [3.63, 3.8) is 0 Å². The van der Waals surface area contributed by atoms with Gasteiger partial charge in [0.05, 0.1) is 17.2 Å². The van der Waals surface area contributed by atoms with E-state index >= 15 is 0 Å². The van der Waals surface area contributed by atoms with Crippen molar-refractivity contribution in [2.45, 2.75) is 45.3 Å². The predicted octanol–water partition coefficient (Wildman–Crippen LogP) is 2.99. The van der Waals surface area contributed by atoms with Crippen LogP contribution in [0.5, 0.6) is 0 Å². The Hall–Kier alpha value is -4.11. The molecule has 0 radical (unpaired) electrons. The largest absolute Gasteiger partial charge is 0.480 e. The number of nitrogens with one attached hydrogen (secondary N) is 2. The normalized spacial score (nSPS) is 14.6. The van der Waals surface area contributed by atoms with Crippen molar-refractivity contribution < 1.29 is 24.3 Å². The van der Waals surface area contributed by atoms with Gasteiger partial charge in [-0.25, -0.2) is 0 Å². The van der Waals surface area contributed by atoms with Crippen LogP contribution in [0.15, 0.2) is 60.9 Å². The number of nitrogens with zero attached hydrogens (tertiary/aromatic N) is 2. The molecule has 0 bridgehead atoms. The first-order valence-corrected chi connectivity index (χ1v) is 12.3. The van der Waals surface area contributed by atoms with Gasteiger partial charge < -0.3 is 10.4 Å². The van der Waals surface area contributed by atoms with Crippen molar-refractivity contribution in [2.24, 2.45) is 5.92 Å². The molecule has 3 aromatic rings. The Morgan fingerprint density at radius 1 is 0.946 bits per heavy atom. The summed E-state index contributed by atoms with van der Waals surface area (Å²) in [6.45, 7) is 4.10. The first-order valence-electron chi connectivity index (χ1n) is 12.3. The average Bonchev–Trinajstić information content (AvgIpc) is 3.11. The molecule has 3 N–H and O–H groups in total. The summed E-state index contributed by atoms with van der Waals surface area (Å²) in [6, 6.07) is 12.5. The summed E-state index contributed by atoms with van der Waals surface area (Å²) in [6.07, 6.45) is 3.65. The van der Waals surface area contributed by atoms with E-state index in [1.54, 1.807) is 36.7 Å². The molecule has 2 atom stereocenters. The standard InChI is InChI=1S/C28H30N4O5/c1-17(2)13-24(25(33)30-16-18-7-10-29-11-8-18)31-23(28(36)37)9-12-32-26(34)21-14-19-5-3-4-6-20(19)15-22(21)27(32)35/h3-8,10-11,14-15,17,23-24,31H,9,12-13,16H2,1-2H3,(H,30,33)(H,36,37). The van der Waals surface area contributed by atoms with Crippen LogP contribution < -0.4 is 10.6 Å². The number of amides is 3. The van der Waals surface area contributed by atoms with Crippen molar-refractivity contribution >= 4 is 34.5 Å². The molecule has 192 valence electrons. The summed E-state index contributed by atoms with van der Waals surface area (Å²) in [5, 5.41) is 17.4. The highest BCUT2D eigenvalue weighted by Gasteiger charge is 2.37. The number of carboxylic acid groups (broad SMARTS) is 1. The lowest BCUT2D eigenvalue weighted by molar-refractivity contribution is -0.140. The highest BCUT2D eigenvalue weighted by atomic mass is 16.4. The Labute approximate surface area is 214 Å². The number of aromatic nitrogens is 1. The van der Waals surface area contributed by atoms with Crippen molar-refractivity contribution in [3.8, 4) is 0 Å². The predicted molar refractivity (Wildman–Crippen MR) is 138 cm³/mol. The molecule has 37 heavy (non-hydrogen) atoms. The van der Waals surface area contributed by atoms with Gasteiger partial charge in [0.1, 0.15) is 6.04 Å². The molecule has 1 aliphatic heterocycles. The second kappa shape index (κ2) is 11.3. The van der Waals surface area contributed by atoms with Gasteiger partial charge in [-0.3, -0.25) is 34.4 Å². The first-order chi connectivity index (χ1) is 17.7. The van der Waals surface area contributed by atoms with Crippen LogP contribution >= 0.6 is 0 Å². The molecule has 2 unspecified atom stereocenters. The maximum absolute atomic E-state index is 13.0. The number of rotatable bonds is 11. The van der Waals surface area contributed by atoms with E-state index < -0.39 is 29.9 Å². The van der Waals surface area contributed by atoms with Crippen LogP contribution in [-0.2, 0) is 16.1 Å². The molecule has 0 fully saturated rings. The molecule has 9 heteroatoms. The third-order valence-electron chi connectivity index (χ3n) is 6.42. The molecule has 2 aromatic carbocycles. The third kappa shape index (κ3) is 6.00. The molecule has 3 amide bonds. The fourth-order valence-electron chi connectivity index (χ4n) is 4.49. The van der Waals surface area contributed by atoms with Crippen LogP contribution in [0.3, 0.4) is 0 Å². The lowest BCUT2D eigenvalue weighted by atomic mass is 10.0. The van der Waals surface area contributed by atoms with Crippen LogP contribution in [-0.4, -0.2) is 57.3 Å². The van der Waals surface area contributed by atoms with Crippen LogP contribution in [0.2, 0.25) is 0 Å².